The maximum atomic E-state index is 13.2. The van der Waals surface area contributed by atoms with E-state index < -0.39 is 55.3 Å². The van der Waals surface area contributed by atoms with E-state index in [0.717, 1.165) is 34.3 Å². The van der Waals surface area contributed by atoms with E-state index in [0.29, 0.717) is 0 Å². The minimum Gasteiger partial charge on any atom is -0.481 e. The highest BCUT2D eigenvalue weighted by molar-refractivity contribution is 5.90. The minimum absolute atomic E-state index is 0.0710. The summed E-state index contributed by atoms with van der Waals surface area (Å²) in [6.07, 6.45) is -6.56. The van der Waals surface area contributed by atoms with Crippen molar-refractivity contribution < 1.29 is 42.1 Å². The Morgan fingerprint density at radius 1 is 1.09 bits per heavy atom. The van der Waals surface area contributed by atoms with E-state index in [1.54, 1.807) is 0 Å². The van der Waals surface area contributed by atoms with Crippen LogP contribution in [-0.4, -0.2) is 72.6 Å². The average molecular weight is 492 g/mol. The maximum absolute atomic E-state index is 13.2. The van der Waals surface area contributed by atoms with E-state index in [-0.39, 0.29) is 12.5 Å². The Labute approximate surface area is 198 Å². The summed E-state index contributed by atoms with van der Waals surface area (Å²) in [4.78, 5) is 37.2. The van der Waals surface area contributed by atoms with E-state index in [1.165, 1.54) is 0 Å². The first kappa shape index (κ1) is 24.5. The van der Waals surface area contributed by atoms with Gasteiger partial charge in [-0.15, -0.1) is 0 Å². The van der Waals surface area contributed by atoms with Crippen molar-refractivity contribution in [2.24, 2.45) is 0 Å². The highest BCUT2D eigenvalue weighted by Gasteiger charge is 2.64. The Balaban J connectivity index is 1.41. The number of carbonyl (C=O) groups is 3. The number of likely N-dealkylation sites (tertiary alicyclic amines) is 1. The van der Waals surface area contributed by atoms with Crippen molar-refractivity contribution in [1.82, 2.24) is 10.2 Å². The number of nitrogens with zero attached hydrogens (tertiary/aromatic N) is 1. The van der Waals surface area contributed by atoms with E-state index in [1.807, 2.05) is 48.5 Å². The van der Waals surface area contributed by atoms with E-state index in [4.69, 9.17) is 9.84 Å². The normalized spacial score (nSPS) is 17.1. The molecule has 0 bridgehead atoms. The van der Waals surface area contributed by atoms with Crippen LogP contribution in [0.1, 0.15) is 23.5 Å². The second-order valence-corrected chi connectivity index (χ2v) is 8.51. The van der Waals surface area contributed by atoms with Crippen LogP contribution >= 0.6 is 0 Å². The predicted octanol–water partition coefficient (Wildman–Crippen LogP) is 3.16. The lowest BCUT2D eigenvalue weighted by molar-refractivity contribution is -0.306. The van der Waals surface area contributed by atoms with E-state index in [2.05, 4.69) is 10.1 Å². The number of methoxy groups -OCH3 is 1. The van der Waals surface area contributed by atoms with Crippen LogP contribution in [-0.2, 0) is 19.1 Å². The number of carboxylic acid groups (broad SMARTS) is 1. The Kier molecular flexibility index (Phi) is 6.46. The molecule has 186 valence electrons. The number of halogens is 3. The number of carbonyl (C=O) groups excluding carboxylic acids is 2. The highest BCUT2D eigenvalue weighted by atomic mass is 19.4. The van der Waals surface area contributed by atoms with Gasteiger partial charge in [0.15, 0.2) is 5.60 Å². The molecule has 0 aromatic heterocycles. The van der Waals surface area contributed by atoms with Gasteiger partial charge >= 0.3 is 18.2 Å². The second kappa shape index (κ2) is 9.21. The van der Waals surface area contributed by atoms with Crippen LogP contribution < -0.4 is 5.32 Å². The van der Waals surface area contributed by atoms with Crippen molar-refractivity contribution in [1.29, 1.82) is 0 Å². The zero-order valence-electron chi connectivity index (χ0n) is 18.7. The number of hydrogen-bond donors (Lipinski definition) is 2. The van der Waals surface area contributed by atoms with Gasteiger partial charge in [-0.2, -0.15) is 13.2 Å². The van der Waals surface area contributed by atoms with Gasteiger partial charge < -0.3 is 24.8 Å². The Morgan fingerprint density at radius 3 is 2.11 bits per heavy atom. The van der Waals surface area contributed by atoms with Gasteiger partial charge in [-0.1, -0.05) is 48.5 Å². The second-order valence-electron chi connectivity index (χ2n) is 8.51. The number of alkyl halides is 3. The Hall–Kier alpha value is -3.60. The van der Waals surface area contributed by atoms with Crippen molar-refractivity contribution in [3.8, 4) is 11.1 Å². The molecule has 1 atom stereocenters. The zero-order chi connectivity index (χ0) is 25.4. The fraction of sp³-hybridized carbons (Fsp3) is 0.375. The molecule has 2 amide bonds. The molecular weight excluding hydrogens is 469 g/mol. The summed E-state index contributed by atoms with van der Waals surface area (Å²) in [6.45, 7) is -1.67. The van der Waals surface area contributed by atoms with Crippen LogP contribution in [0.15, 0.2) is 48.5 Å². The molecule has 0 spiro atoms. The van der Waals surface area contributed by atoms with Crippen molar-refractivity contribution >= 4 is 18.0 Å². The molecule has 35 heavy (non-hydrogen) atoms. The topological polar surface area (TPSA) is 105 Å². The molecule has 1 aliphatic carbocycles. The third-order valence-electron chi connectivity index (χ3n) is 6.42. The van der Waals surface area contributed by atoms with Gasteiger partial charge in [0.2, 0.25) is 5.91 Å². The first-order valence-corrected chi connectivity index (χ1v) is 10.8. The van der Waals surface area contributed by atoms with Gasteiger partial charge in [-0.05, 0) is 22.3 Å². The van der Waals surface area contributed by atoms with Crippen LogP contribution in [0, 0.1) is 0 Å². The van der Waals surface area contributed by atoms with Gasteiger partial charge in [-0.25, -0.2) is 4.79 Å². The number of aliphatic carboxylic acids is 1. The van der Waals surface area contributed by atoms with Gasteiger partial charge in [0, 0.05) is 13.0 Å². The number of benzene rings is 2. The van der Waals surface area contributed by atoms with Crippen LogP contribution in [0.5, 0.6) is 0 Å². The third kappa shape index (κ3) is 4.55. The number of carboxylic acids is 1. The first-order valence-electron chi connectivity index (χ1n) is 10.8. The predicted molar refractivity (Wildman–Crippen MR) is 117 cm³/mol. The summed E-state index contributed by atoms with van der Waals surface area (Å²) < 4.78 is 49.6. The van der Waals surface area contributed by atoms with Crippen molar-refractivity contribution in [2.45, 2.75) is 30.2 Å². The molecule has 1 aliphatic heterocycles. The van der Waals surface area contributed by atoms with Crippen LogP contribution in [0.25, 0.3) is 11.1 Å². The molecule has 2 aromatic rings. The summed E-state index contributed by atoms with van der Waals surface area (Å²) in [5.74, 6) is -2.62. The number of nitrogens with one attached hydrogen (secondary N) is 1. The summed E-state index contributed by atoms with van der Waals surface area (Å²) in [5, 5.41) is 11.3. The summed E-state index contributed by atoms with van der Waals surface area (Å²) >= 11 is 0. The number of amides is 2. The van der Waals surface area contributed by atoms with Crippen molar-refractivity contribution in [3.05, 3.63) is 59.7 Å². The molecule has 8 nitrogen and oxygen atoms in total. The molecule has 1 fully saturated rings. The van der Waals surface area contributed by atoms with Gasteiger partial charge in [0.1, 0.15) is 12.6 Å². The fourth-order valence-corrected chi connectivity index (χ4v) is 4.53. The van der Waals surface area contributed by atoms with Crippen LogP contribution in [0.3, 0.4) is 0 Å². The quantitative estimate of drug-likeness (QED) is 0.615. The molecule has 0 radical (unpaired) electrons. The smallest absolute Gasteiger partial charge is 0.420 e. The minimum atomic E-state index is -4.71. The molecule has 1 unspecified atom stereocenters. The SMILES string of the molecule is COC1(C(F)(F)F)CN(C(=O)C(CC(=O)O)NC(=O)OCC2c3ccccc3-c3ccccc32)C1. The standard InChI is InChI=1S/C24H23F3N2O6/c1-34-23(24(25,26)27)12-29(13-23)21(32)19(10-20(30)31)28-22(33)35-11-18-16-8-4-2-6-14(16)15-7-3-5-9-17(15)18/h2-9,18-19H,10-13H2,1H3,(H,28,33)(H,30,31). The zero-order valence-corrected chi connectivity index (χ0v) is 18.7. The number of hydrogen-bond acceptors (Lipinski definition) is 5. The Morgan fingerprint density at radius 2 is 1.63 bits per heavy atom. The molecular formula is C24H23F3N2O6. The lowest BCUT2D eigenvalue weighted by Crippen LogP contribution is -2.73. The molecule has 1 heterocycles. The van der Waals surface area contributed by atoms with Gasteiger partial charge in [0.05, 0.1) is 19.5 Å². The third-order valence-corrected chi connectivity index (χ3v) is 6.42. The lowest BCUT2D eigenvalue weighted by Gasteiger charge is -2.50. The summed E-state index contributed by atoms with van der Waals surface area (Å²) in [7, 11) is 0.888. The van der Waals surface area contributed by atoms with Crippen LogP contribution in [0.2, 0.25) is 0 Å². The summed E-state index contributed by atoms with van der Waals surface area (Å²) in [6, 6.07) is 13.7. The van der Waals surface area contributed by atoms with Gasteiger partial charge in [0.25, 0.3) is 0 Å². The molecule has 11 heteroatoms. The number of ether oxygens (including phenoxy) is 2. The maximum Gasteiger partial charge on any atom is 0.420 e. The highest BCUT2D eigenvalue weighted by Crippen LogP contribution is 2.44. The number of rotatable bonds is 7. The first-order chi connectivity index (χ1) is 16.6. The molecule has 1 saturated heterocycles. The monoisotopic (exact) mass is 492 g/mol. The van der Waals surface area contributed by atoms with Crippen molar-refractivity contribution in [3.63, 3.8) is 0 Å². The van der Waals surface area contributed by atoms with E-state index in [9.17, 15) is 27.6 Å². The molecule has 2 aliphatic rings. The van der Waals surface area contributed by atoms with Crippen LogP contribution in [0.4, 0.5) is 18.0 Å². The molecule has 0 saturated carbocycles. The lowest BCUT2D eigenvalue weighted by atomic mass is 9.92. The molecule has 2 aromatic carbocycles. The molecule has 4 rings (SSSR count). The van der Waals surface area contributed by atoms with Crippen molar-refractivity contribution in [2.75, 3.05) is 26.8 Å². The fourth-order valence-electron chi connectivity index (χ4n) is 4.53. The summed E-state index contributed by atoms with van der Waals surface area (Å²) in [5.41, 5.74) is 1.44. The molecule has 2 N–H and O–H groups in total. The Bertz CT molecular complexity index is 1100. The largest absolute Gasteiger partial charge is 0.481 e. The number of fused-ring (bicyclic) bond motifs is 3. The average Bonchev–Trinajstić information content (AvgIpc) is 3.09. The van der Waals surface area contributed by atoms with E-state index >= 15 is 0 Å². The number of alkyl carbamates (subject to hydrolysis) is 1. The van der Waals surface area contributed by atoms with Gasteiger partial charge in [-0.3, -0.25) is 9.59 Å².